The van der Waals surface area contributed by atoms with Crippen LogP contribution in [0.15, 0.2) is 40.4 Å². The fourth-order valence-electron chi connectivity index (χ4n) is 2.86. The second-order valence-corrected chi connectivity index (χ2v) is 8.09. The molecule has 9 heteroatoms. The number of aromatic nitrogens is 2. The second kappa shape index (κ2) is 7.40. The molecular weight excluding hydrogens is 344 g/mol. The fraction of sp³-hybridized carbons (Fsp3) is 0.500. The fourth-order valence-corrected chi connectivity index (χ4v) is 4.29. The molecule has 1 unspecified atom stereocenters. The molecule has 3 rings (SSSR count). The summed E-state index contributed by atoms with van der Waals surface area (Å²) in [6.45, 7) is 3.40. The highest BCUT2D eigenvalue weighted by molar-refractivity contribution is 7.89. The topological polar surface area (TPSA) is 97.4 Å². The van der Waals surface area contributed by atoms with Crippen molar-refractivity contribution in [3.63, 3.8) is 0 Å². The number of hydrogen-bond donors (Lipinski definition) is 1. The number of carbonyl (C=O) groups excluding carboxylic acids is 1. The minimum atomic E-state index is -3.67. The lowest BCUT2D eigenvalue weighted by Crippen LogP contribution is -2.36. The van der Waals surface area contributed by atoms with Gasteiger partial charge in [-0.15, -0.1) is 0 Å². The highest BCUT2D eigenvalue weighted by atomic mass is 32.2. The molecule has 1 aliphatic rings. The van der Waals surface area contributed by atoms with E-state index in [-0.39, 0.29) is 16.9 Å². The molecule has 1 atom stereocenters. The Labute approximate surface area is 146 Å². The summed E-state index contributed by atoms with van der Waals surface area (Å²) in [7, 11) is -3.67. The first-order valence-electron chi connectivity index (χ1n) is 8.33. The summed E-state index contributed by atoms with van der Waals surface area (Å²) in [6.07, 6.45) is 7.86. The van der Waals surface area contributed by atoms with Gasteiger partial charge in [0.2, 0.25) is 5.09 Å². The molecule has 0 aliphatic carbocycles. The Morgan fingerprint density at radius 1 is 1.32 bits per heavy atom. The van der Waals surface area contributed by atoms with Crippen LogP contribution in [0.2, 0.25) is 0 Å². The quantitative estimate of drug-likeness (QED) is 0.835. The number of hydrogen-bond acceptors (Lipinski definition) is 5. The van der Waals surface area contributed by atoms with Crippen molar-refractivity contribution in [1.82, 2.24) is 19.2 Å². The largest absolute Gasteiger partial charge is 0.438 e. The number of carbonyl (C=O) groups is 1. The molecule has 0 aromatic carbocycles. The van der Waals surface area contributed by atoms with Crippen LogP contribution in [0.5, 0.6) is 0 Å². The maximum Gasteiger partial charge on any atom is 0.287 e. The van der Waals surface area contributed by atoms with Gasteiger partial charge in [0, 0.05) is 38.1 Å². The molecule has 136 valence electrons. The molecule has 1 N–H and O–H groups in total. The minimum absolute atomic E-state index is 0.00642. The minimum Gasteiger partial charge on any atom is -0.438 e. The summed E-state index contributed by atoms with van der Waals surface area (Å²) in [4.78, 5) is 16.2. The molecule has 25 heavy (non-hydrogen) atoms. The standard InChI is InChI=1S/C16H22N4O4S/c1-13(11-19-10-7-17-12-19)18-16(21)14-5-6-15(24-14)25(22,23)20-8-3-2-4-9-20/h5-7,10,12-13H,2-4,8-9,11H2,1H3,(H,18,21). The zero-order valence-electron chi connectivity index (χ0n) is 14.1. The molecule has 0 spiro atoms. The monoisotopic (exact) mass is 366 g/mol. The highest BCUT2D eigenvalue weighted by Gasteiger charge is 2.29. The Balaban J connectivity index is 1.64. The zero-order chi connectivity index (χ0) is 17.9. The van der Waals surface area contributed by atoms with Crippen molar-refractivity contribution < 1.29 is 17.6 Å². The normalized spacial score (nSPS) is 17.3. The van der Waals surface area contributed by atoms with Crippen LogP contribution < -0.4 is 5.32 Å². The maximum absolute atomic E-state index is 12.5. The van der Waals surface area contributed by atoms with Gasteiger partial charge >= 0.3 is 0 Å². The first-order chi connectivity index (χ1) is 12.0. The SMILES string of the molecule is CC(Cn1ccnc1)NC(=O)c1ccc(S(=O)(=O)N2CCCCC2)o1. The molecule has 0 bridgehead atoms. The summed E-state index contributed by atoms with van der Waals surface area (Å²) in [5.41, 5.74) is 0. The van der Waals surface area contributed by atoms with Crippen LogP contribution in [0.1, 0.15) is 36.7 Å². The number of nitrogens with one attached hydrogen (secondary N) is 1. The van der Waals surface area contributed by atoms with E-state index in [0.29, 0.717) is 19.6 Å². The summed E-state index contributed by atoms with van der Waals surface area (Å²) >= 11 is 0. The van der Waals surface area contributed by atoms with Crippen LogP contribution in [0.4, 0.5) is 0 Å². The second-order valence-electron chi connectivity index (χ2n) is 6.22. The summed E-state index contributed by atoms with van der Waals surface area (Å²) < 4.78 is 33.7. The molecule has 1 amide bonds. The zero-order valence-corrected chi connectivity index (χ0v) is 14.9. The lowest BCUT2D eigenvalue weighted by atomic mass is 10.2. The number of imidazole rings is 1. The third-order valence-corrected chi connectivity index (χ3v) is 5.91. The number of sulfonamides is 1. The van der Waals surface area contributed by atoms with E-state index in [9.17, 15) is 13.2 Å². The first kappa shape index (κ1) is 17.7. The van der Waals surface area contributed by atoms with Crippen molar-refractivity contribution in [3.05, 3.63) is 36.6 Å². The Kier molecular flexibility index (Phi) is 5.24. The van der Waals surface area contributed by atoms with Gasteiger partial charge < -0.3 is 14.3 Å². The van der Waals surface area contributed by atoms with E-state index in [1.165, 1.54) is 16.4 Å². The van der Waals surface area contributed by atoms with Gasteiger partial charge in [-0.3, -0.25) is 4.79 Å². The van der Waals surface area contributed by atoms with Crippen molar-refractivity contribution in [2.75, 3.05) is 13.1 Å². The van der Waals surface area contributed by atoms with Gasteiger partial charge in [-0.25, -0.2) is 13.4 Å². The molecular formula is C16H22N4O4S. The van der Waals surface area contributed by atoms with Crippen LogP contribution in [0.3, 0.4) is 0 Å². The van der Waals surface area contributed by atoms with Crippen molar-refractivity contribution in [2.24, 2.45) is 0 Å². The van der Waals surface area contributed by atoms with Gasteiger partial charge in [0.25, 0.3) is 15.9 Å². The van der Waals surface area contributed by atoms with E-state index < -0.39 is 15.9 Å². The van der Waals surface area contributed by atoms with Crippen LogP contribution in [-0.4, -0.2) is 47.3 Å². The predicted molar refractivity (Wildman–Crippen MR) is 90.5 cm³/mol. The van der Waals surface area contributed by atoms with E-state index in [4.69, 9.17) is 4.42 Å². The van der Waals surface area contributed by atoms with Gasteiger partial charge in [0.1, 0.15) is 0 Å². The van der Waals surface area contributed by atoms with Gasteiger partial charge in [0.05, 0.1) is 6.33 Å². The lowest BCUT2D eigenvalue weighted by Gasteiger charge is -2.24. The molecule has 1 saturated heterocycles. The molecule has 2 aromatic rings. The van der Waals surface area contributed by atoms with E-state index >= 15 is 0 Å². The summed E-state index contributed by atoms with van der Waals surface area (Å²) in [5, 5.41) is 2.61. The highest BCUT2D eigenvalue weighted by Crippen LogP contribution is 2.22. The molecule has 1 aliphatic heterocycles. The Bertz CT molecular complexity index is 807. The van der Waals surface area contributed by atoms with Crippen molar-refractivity contribution in [2.45, 2.75) is 43.9 Å². The van der Waals surface area contributed by atoms with Crippen LogP contribution in [0, 0.1) is 0 Å². The molecule has 8 nitrogen and oxygen atoms in total. The van der Waals surface area contributed by atoms with Gasteiger partial charge in [0.15, 0.2) is 5.76 Å². The Hall–Kier alpha value is -2.13. The Morgan fingerprint density at radius 2 is 2.08 bits per heavy atom. The molecule has 0 saturated carbocycles. The molecule has 2 aromatic heterocycles. The molecule has 3 heterocycles. The smallest absolute Gasteiger partial charge is 0.287 e. The molecule has 0 radical (unpaired) electrons. The van der Waals surface area contributed by atoms with Crippen molar-refractivity contribution in [3.8, 4) is 0 Å². The van der Waals surface area contributed by atoms with E-state index in [1.54, 1.807) is 18.7 Å². The Morgan fingerprint density at radius 3 is 2.76 bits per heavy atom. The van der Waals surface area contributed by atoms with Gasteiger partial charge in [-0.1, -0.05) is 6.42 Å². The number of rotatable bonds is 6. The van der Waals surface area contributed by atoms with Gasteiger partial charge in [-0.2, -0.15) is 4.31 Å². The van der Waals surface area contributed by atoms with Crippen LogP contribution in [0.25, 0.3) is 0 Å². The van der Waals surface area contributed by atoms with Crippen LogP contribution >= 0.6 is 0 Å². The average molecular weight is 366 g/mol. The average Bonchev–Trinajstić information content (AvgIpc) is 3.27. The van der Waals surface area contributed by atoms with Crippen molar-refractivity contribution in [1.29, 1.82) is 0 Å². The van der Waals surface area contributed by atoms with E-state index in [2.05, 4.69) is 10.3 Å². The third-order valence-electron chi connectivity index (χ3n) is 4.14. The predicted octanol–water partition coefficient (Wildman–Crippen LogP) is 1.47. The molecule has 1 fully saturated rings. The number of amides is 1. The maximum atomic E-state index is 12.5. The van der Waals surface area contributed by atoms with E-state index in [0.717, 1.165) is 19.3 Å². The number of nitrogens with zero attached hydrogens (tertiary/aromatic N) is 3. The lowest BCUT2D eigenvalue weighted by molar-refractivity contribution is 0.0903. The summed E-state index contributed by atoms with van der Waals surface area (Å²) in [6, 6.07) is 2.59. The number of furan rings is 1. The van der Waals surface area contributed by atoms with Crippen molar-refractivity contribution >= 4 is 15.9 Å². The first-order valence-corrected chi connectivity index (χ1v) is 9.77. The number of piperidine rings is 1. The van der Waals surface area contributed by atoms with Gasteiger partial charge in [-0.05, 0) is 31.9 Å². The third kappa shape index (κ3) is 4.10. The van der Waals surface area contributed by atoms with E-state index in [1.807, 2.05) is 11.5 Å². The summed E-state index contributed by atoms with van der Waals surface area (Å²) in [5.74, 6) is -0.444. The van der Waals surface area contributed by atoms with Crippen LogP contribution in [-0.2, 0) is 16.6 Å².